The normalized spacial score (nSPS) is 11.2. The Labute approximate surface area is 133 Å². The molecule has 0 aliphatic heterocycles. The fraction of sp³-hybridized carbons (Fsp3) is 0.214. The molecule has 0 saturated carbocycles. The van der Waals surface area contributed by atoms with Gasteiger partial charge in [0.25, 0.3) is 0 Å². The molecule has 116 valence electrons. The molecule has 0 atom stereocenters. The number of sulfone groups is 1. The molecule has 1 aromatic carbocycles. The van der Waals surface area contributed by atoms with Gasteiger partial charge in [0, 0.05) is 47.8 Å². The molecular weight excluding hydrogens is 326 g/mol. The van der Waals surface area contributed by atoms with Crippen LogP contribution in [0.25, 0.3) is 11.3 Å². The molecular formula is C14H14ClN3O3S. The second-order valence-electron chi connectivity index (χ2n) is 4.61. The van der Waals surface area contributed by atoms with E-state index in [1.54, 1.807) is 25.2 Å². The van der Waals surface area contributed by atoms with Crippen molar-refractivity contribution < 1.29 is 13.2 Å². The van der Waals surface area contributed by atoms with Crippen molar-refractivity contribution >= 4 is 33.4 Å². The number of aldehydes is 1. The Morgan fingerprint density at radius 2 is 2.09 bits per heavy atom. The van der Waals surface area contributed by atoms with Gasteiger partial charge >= 0.3 is 0 Å². The maximum atomic E-state index is 11.7. The van der Waals surface area contributed by atoms with Crippen LogP contribution >= 0.6 is 11.6 Å². The Bertz CT molecular complexity index is 822. The smallest absolute Gasteiger partial charge is 0.247 e. The van der Waals surface area contributed by atoms with Crippen molar-refractivity contribution in [2.45, 2.75) is 11.6 Å². The molecule has 0 radical (unpaired) electrons. The van der Waals surface area contributed by atoms with E-state index in [0.717, 1.165) is 12.5 Å². The minimum atomic E-state index is -3.55. The van der Waals surface area contributed by atoms with Gasteiger partial charge in [0.05, 0.1) is 5.69 Å². The average molecular weight is 340 g/mol. The van der Waals surface area contributed by atoms with E-state index in [-0.39, 0.29) is 11.6 Å². The van der Waals surface area contributed by atoms with Gasteiger partial charge in [-0.2, -0.15) is 0 Å². The van der Waals surface area contributed by atoms with Crippen LogP contribution in [0, 0.1) is 0 Å². The molecule has 6 nitrogen and oxygen atoms in total. The van der Waals surface area contributed by atoms with Gasteiger partial charge < -0.3 is 10.1 Å². The van der Waals surface area contributed by atoms with Gasteiger partial charge in [-0.1, -0.05) is 11.6 Å². The Morgan fingerprint density at radius 3 is 2.68 bits per heavy atom. The maximum Gasteiger partial charge on any atom is 0.247 e. The molecule has 0 aliphatic carbocycles. The summed E-state index contributed by atoms with van der Waals surface area (Å²) in [4.78, 5) is 18.8. The first-order chi connectivity index (χ1) is 10.4. The molecule has 8 heteroatoms. The largest absolute Gasteiger partial charge is 0.388 e. The number of benzene rings is 1. The fourth-order valence-corrected chi connectivity index (χ4v) is 2.64. The van der Waals surface area contributed by atoms with Gasteiger partial charge in [-0.25, -0.2) is 18.4 Å². The van der Waals surface area contributed by atoms with Crippen molar-refractivity contribution in [2.24, 2.45) is 0 Å². The van der Waals surface area contributed by atoms with Crippen LogP contribution in [0.3, 0.4) is 0 Å². The number of anilines is 1. The van der Waals surface area contributed by atoms with Crippen molar-refractivity contribution in [3.05, 3.63) is 35.0 Å². The van der Waals surface area contributed by atoms with Crippen LogP contribution in [0.1, 0.15) is 5.56 Å². The molecule has 0 unspecified atom stereocenters. The number of carbonyl (C=O) groups excluding carboxylic acids is 1. The predicted octanol–water partition coefficient (Wildman–Crippen LogP) is 1.98. The summed E-state index contributed by atoms with van der Waals surface area (Å²) in [7, 11) is -1.83. The lowest BCUT2D eigenvalue weighted by Gasteiger charge is -2.12. The minimum absolute atomic E-state index is 0.0884. The average Bonchev–Trinajstić information content (AvgIpc) is 2.47. The van der Waals surface area contributed by atoms with Gasteiger partial charge in [-0.15, -0.1) is 0 Å². The van der Waals surface area contributed by atoms with Gasteiger partial charge in [-0.05, 0) is 18.2 Å². The summed E-state index contributed by atoms with van der Waals surface area (Å²) in [6.07, 6.45) is 3.20. The lowest BCUT2D eigenvalue weighted by Crippen LogP contribution is -2.08. The summed E-state index contributed by atoms with van der Waals surface area (Å²) >= 11 is 5.96. The van der Waals surface area contributed by atoms with Crippen molar-refractivity contribution in [3.63, 3.8) is 0 Å². The highest BCUT2D eigenvalue weighted by atomic mass is 35.5. The molecule has 0 amide bonds. The van der Waals surface area contributed by atoms with Gasteiger partial charge in [0.2, 0.25) is 15.0 Å². The van der Waals surface area contributed by atoms with E-state index in [4.69, 9.17) is 11.6 Å². The van der Waals surface area contributed by atoms with Crippen LogP contribution in [0.5, 0.6) is 0 Å². The lowest BCUT2D eigenvalue weighted by molar-refractivity contribution is -0.107. The van der Waals surface area contributed by atoms with Crippen LogP contribution < -0.4 is 5.32 Å². The Morgan fingerprint density at radius 1 is 1.36 bits per heavy atom. The first-order valence-corrected chi connectivity index (χ1v) is 8.61. The monoisotopic (exact) mass is 339 g/mol. The molecule has 22 heavy (non-hydrogen) atoms. The number of hydrogen-bond acceptors (Lipinski definition) is 6. The Balaban J connectivity index is 2.73. The first-order valence-electron chi connectivity index (χ1n) is 6.34. The zero-order valence-corrected chi connectivity index (χ0v) is 13.6. The molecule has 1 N–H and O–H groups in total. The summed E-state index contributed by atoms with van der Waals surface area (Å²) in [5.74, 6) is 0. The van der Waals surface area contributed by atoms with Crippen molar-refractivity contribution in [1.29, 1.82) is 0 Å². The highest BCUT2D eigenvalue weighted by Crippen LogP contribution is 2.31. The molecule has 1 aromatic heterocycles. The molecule has 1 heterocycles. The van der Waals surface area contributed by atoms with E-state index in [1.165, 1.54) is 6.20 Å². The van der Waals surface area contributed by atoms with Crippen molar-refractivity contribution in [1.82, 2.24) is 9.97 Å². The summed E-state index contributed by atoms with van der Waals surface area (Å²) < 4.78 is 23.3. The van der Waals surface area contributed by atoms with E-state index in [1.807, 2.05) is 0 Å². The molecule has 0 saturated heterocycles. The summed E-state index contributed by atoms with van der Waals surface area (Å²) in [5.41, 5.74) is 2.26. The lowest BCUT2D eigenvalue weighted by atomic mass is 10.0. The highest BCUT2D eigenvalue weighted by molar-refractivity contribution is 7.90. The Kier molecular flexibility index (Phi) is 4.77. The number of halogens is 1. The third-order valence-electron chi connectivity index (χ3n) is 2.98. The van der Waals surface area contributed by atoms with E-state index in [9.17, 15) is 13.2 Å². The third kappa shape index (κ3) is 3.42. The number of nitrogens with one attached hydrogen (secondary N) is 1. The summed E-state index contributed by atoms with van der Waals surface area (Å²) in [6, 6.07) is 5.09. The van der Waals surface area contributed by atoms with Crippen LogP contribution in [0.15, 0.2) is 29.6 Å². The number of carbonyl (C=O) groups is 1. The fourth-order valence-electron chi connectivity index (χ4n) is 1.97. The Hall–Kier alpha value is -1.99. The van der Waals surface area contributed by atoms with Crippen LogP contribution in [0.2, 0.25) is 5.02 Å². The second-order valence-corrected chi connectivity index (χ2v) is 6.96. The van der Waals surface area contributed by atoms with Crippen LogP contribution in [-0.2, 0) is 21.1 Å². The SMILES string of the molecule is CNc1cc(Cl)ccc1-c1nc(S(C)(=O)=O)ncc1CC=O. The van der Waals surface area contributed by atoms with Crippen molar-refractivity contribution in [3.8, 4) is 11.3 Å². The van der Waals surface area contributed by atoms with E-state index < -0.39 is 9.84 Å². The van der Waals surface area contributed by atoms with E-state index in [0.29, 0.717) is 27.5 Å². The quantitative estimate of drug-likeness (QED) is 0.662. The molecule has 0 aliphatic rings. The van der Waals surface area contributed by atoms with Gasteiger partial charge in [0.15, 0.2) is 0 Å². The van der Waals surface area contributed by atoms with Gasteiger partial charge in [-0.3, -0.25) is 0 Å². The first kappa shape index (κ1) is 16.4. The molecule has 0 fully saturated rings. The zero-order valence-electron chi connectivity index (χ0n) is 12.0. The number of aromatic nitrogens is 2. The zero-order chi connectivity index (χ0) is 16.3. The minimum Gasteiger partial charge on any atom is -0.388 e. The van der Waals surface area contributed by atoms with Crippen LogP contribution in [0.4, 0.5) is 5.69 Å². The van der Waals surface area contributed by atoms with E-state index in [2.05, 4.69) is 15.3 Å². The maximum absolute atomic E-state index is 11.7. The molecule has 2 rings (SSSR count). The van der Waals surface area contributed by atoms with E-state index >= 15 is 0 Å². The molecule has 0 bridgehead atoms. The molecule has 0 spiro atoms. The summed E-state index contributed by atoms with van der Waals surface area (Å²) in [6.45, 7) is 0. The number of nitrogens with zero attached hydrogens (tertiary/aromatic N) is 2. The highest BCUT2D eigenvalue weighted by Gasteiger charge is 2.17. The topological polar surface area (TPSA) is 89.0 Å². The number of rotatable bonds is 5. The molecule has 2 aromatic rings. The van der Waals surface area contributed by atoms with Crippen molar-refractivity contribution in [2.75, 3.05) is 18.6 Å². The predicted molar refractivity (Wildman–Crippen MR) is 84.9 cm³/mol. The van der Waals surface area contributed by atoms with Gasteiger partial charge in [0.1, 0.15) is 6.29 Å². The number of hydrogen-bond donors (Lipinski definition) is 1. The summed E-state index contributed by atoms with van der Waals surface area (Å²) in [5, 5.41) is 3.23. The third-order valence-corrected chi connectivity index (χ3v) is 4.08. The standard InChI is InChI=1S/C14H14ClN3O3S/c1-16-12-7-10(15)3-4-11(12)13-9(5-6-19)8-17-14(18-13)22(2,20)21/h3-4,6-8,16H,5H2,1-2H3. The second kappa shape index (κ2) is 6.41. The van der Waals surface area contributed by atoms with Crippen LogP contribution in [-0.4, -0.2) is 38.0 Å².